The van der Waals surface area contributed by atoms with E-state index in [0.717, 1.165) is 16.8 Å². The number of nitrogen functional groups attached to an aromatic ring is 1. The summed E-state index contributed by atoms with van der Waals surface area (Å²) >= 11 is 0. The number of carbonyl (C=O) groups excluding carboxylic acids is 1. The zero-order valence-corrected chi connectivity index (χ0v) is 11.7. The first-order chi connectivity index (χ1) is 9.61. The average Bonchev–Trinajstić information content (AvgIpc) is 2.46. The van der Waals surface area contributed by atoms with E-state index in [1.165, 1.54) is 5.56 Å². The highest BCUT2D eigenvalue weighted by atomic mass is 16.1. The summed E-state index contributed by atoms with van der Waals surface area (Å²) in [6.07, 6.45) is 0. The number of rotatable bonds is 4. The lowest BCUT2D eigenvalue weighted by molar-refractivity contribution is 0.0950. The molecule has 0 aliphatic carbocycles. The fourth-order valence-electron chi connectivity index (χ4n) is 2.09. The van der Waals surface area contributed by atoms with Crippen LogP contribution in [0.15, 0.2) is 42.5 Å². The van der Waals surface area contributed by atoms with Crippen molar-refractivity contribution in [2.75, 3.05) is 5.43 Å². The zero-order valence-electron chi connectivity index (χ0n) is 11.7. The maximum Gasteiger partial charge on any atom is 0.251 e. The van der Waals surface area contributed by atoms with E-state index in [0.29, 0.717) is 12.1 Å². The van der Waals surface area contributed by atoms with Crippen LogP contribution in [0.2, 0.25) is 0 Å². The molecule has 0 saturated carbocycles. The Morgan fingerprint density at radius 2 is 1.85 bits per heavy atom. The molecule has 4 heteroatoms. The van der Waals surface area contributed by atoms with Crippen LogP contribution in [-0.2, 0) is 6.54 Å². The van der Waals surface area contributed by atoms with Crippen LogP contribution in [-0.4, -0.2) is 5.91 Å². The first kappa shape index (κ1) is 14.1. The summed E-state index contributed by atoms with van der Waals surface area (Å²) in [4.78, 5) is 12.2. The quantitative estimate of drug-likeness (QED) is 0.590. The number of hydrogen-bond acceptors (Lipinski definition) is 3. The van der Waals surface area contributed by atoms with Crippen molar-refractivity contribution < 1.29 is 4.79 Å². The SMILES string of the molecule is Cc1ccccc1CNC(=O)c1ccc(NN)cc1C. The highest BCUT2D eigenvalue weighted by Crippen LogP contribution is 2.14. The molecule has 0 saturated heterocycles. The number of nitrogens with two attached hydrogens (primary N) is 1. The summed E-state index contributed by atoms with van der Waals surface area (Å²) < 4.78 is 0. The van der Waals surface area contributed by atoms with Crippen molar-refractivity contribution >= 4 is 11.6 Å². The third-order valence-corrected chi connectivity index (χ3v) is 3.34. The number of amides is 1. The molecule has 0 bridgehead atoms. The lowest BCUT2D eigenvalue weighted by Crippen LogP contribution is -2.24. The summed E-state index contributed by atoms with van der Waals surface area (Å²) in [5.74, 6) is 5.27. The molecule has 0 aromatic heterocycles. The summed E-state index contributed by atoms with van der Waals surface area (Å²) in [6, 6.07) is 13.4. The summed E-state index contributed by atoms with van der Waals surface area (Å²) in [5.41, 5.74) is 7.21. The molecule has 20 heavy (non-hydrogen) atoms. The van der Waals surface area contributed by atoms with Gasteiger partial charge in [0.15, 0.2) is 0 Å². The molecule has 2 aromatic rings. The highest BCUT2D eigenvalue weighted by Gasteiger charge is 2.09. The number of aryl methyl sites for hydroxylation is 2. The van der Waals surface area contributed by atoms with Crippen molar-refractivity contribution in [3.63, 3.8) is 0 Å². The topological polar surface area (TPSA) is 67.2 Å². The highest BCUT2D eigenvalue weighted by molar-refractivity contribution is 5.96. The Morgan fingerprint density at radius 1 is 1.10 bits per heavy atom. The Morgan fingerprint density at radius 3 is 2.50 bits per heavy atom. The first-order valence-electron chi connectivity index (χ1n) is 6.52. The van der Waals surface area contributed by atoms with Gasteiger partial charge in [0.1, 0.15) is 0 Å². The third-order valence-electron chi connectivity index (χ3n) is 3.34. The van der Waals surface area contributed by atoms with E-state index in [1.54, 1.807) is 12.1 Å². The van der Waals surface area contributed by atoms with Crippen molar-refractivity contribution in [2.24, 2.45) is 5.84 Å². The molecule has 2 rings (SSSR count). The van der Waals surface area contributed by atoms with Gasteiger partial charge in [0.05, 0.1) is 0 Å². The molecule has 0 aliphatic rings. The Kier molecular flexibility index (Phi) is 4.38. The lowest BCUT2D eigenvalue weighted by atomic mass is 10.1. The summed E-state index contributed by atoms with van der Waals surface area (Å²) in [6.45, 7) is 4.46. The molecule has 0 heterocycles. The summed E-state index contributed by atoms with van der Waals surface area (Å²) in [5, 5.41) is 2.94. The lowest BCUT2D eigenvalue weighted by Gasteiger charge is -2.10. The molecule has 2 aromatic carbocycles. The number of benzene rings is 2. The van der Waals surface area contributed by atoms with E-state index in [4.69, 9.17) is 5.84 Å². The second-order valence-electron chi connectivity index (χ2n) is 4.78. The Bertz CT molecular complexity index is 623. The number of hydrogen-bond donors (Lipinski definition) is 3. The van der Waals surface area contributed by atoms with Crippen molar-refractivity contribution in [3.05, 3.63) is 64.7 Å². The number of hydrazine groups is 1. The molecule has 0 radical (unpaired) electrons. The van der Waals surface area contributed by atoms with Crippen LogP contribution in [0.25, 0.3) is 0 Å². The zero-order chi connectivity index (χ0) is 14.5. The Labute approximate surface area is 119 Å². The van der Waals surface area contributed by atoms with Crippen LogP contribution < -0.4 is 16.6 Å². The molecule has 0 unspecified atom stereocenters. The van der Waals surface area contributed by atoms with Crippen molar-refractivity contribution in [2.45, 2.75) is 20.4 Å². The minimum Gasteiger partial charge on any atom is -0.348 e. The van der Waals surface area contributed by atoms with E-state index in [-0.39, 0.29) is 5.91 Å². The molecule has 0 spiro atoms. The molecule has 1 amide bonds. The maximum atomic E-state index is 12.2. The fourth-order valence-corrected chi connectivity index (χ4v) is 2.09. The van der Waals surface area contributed by atoms with Crippen LogP contribution in [0, 0.1) is 13.8 Å². The van der Waals surface area contributed by atoms with Crippen LogP contribution in [0.3, 0.4) is 0 Å². The van der Waals surface area contributed by atoms with Crippen LogP contribution in [0.5, 0.6) is 0 Å². The monoisotopic (exact) mass is 269 g/mol. The average molecular weight is 269 g/mol. The van der Waals surface area contributed by atoms with Gasteiger partial charge in [-0.2, -0.15) is 0 Å². The van der Waals surface area contributed by atoms with E-state index in [1.807, 2.05) is 44.2 Å². The van der Waals surface area contributed by atoms with Crippen molar-refractivity contribution in [1.82, 2.24) is 5.32 Å². The van der Waals surface area contributed by atoms with Gasteiger partial charge in [-0.15, -0.1) is 0 Å². The third kappa shape index (κ3) is 3.16. The van der Waals surface area contributed by atoms with Gasteiger partial charge in [0.25, 0.3) is 5.91 Å². The molecule has 4 nitrogen and oxygen atoms in total. The van der Waals surface area contributed by atoms with E-state index in [2.05, 4.69) is 10.7 Å². The Hall–Kier alpha value is -2.33. The van der Waals surface area contributed by atoms with E-state index in [9.17, 15) is 4.79 Å². The second-order valence-corrected chi connectivity index (χ2v) is 4.78. The van der Waals surface area contributed by atoms with Crippen molar-refractivity contribution in [3.8, 4) is 0 Å². The van der Waals surface area contributed by atoms with Gasteiger partial charge in [0.2, 0.25) is 0 Å². The van der Waals surface area contributed by atoms with Gasteiger partial charge in [-0.3, -0.25) is 10.6 Å². The molecule has 4 N–H and O–H groups in total. The molecular formula is C16H19N3O. The summed E-state index contributed by atoms with van der Waals surface area (Å²) in [7, 11) is 0. The van der Waals surface area contributed by atoms with Crippen LogP contribution in [0.4, 0.5) is 5.69 Å². The number of anilines is 1. The van der Waals surface area contributed by atoms with Gasteiger partial charge >= 0.3 is 0 Å². The largest absolute Gasteiger partial charge is 0.348 e. The van der Waals surface area contributed by atoms with E-state index < -0.39 is 0 Å². The van der Waals surface area contributed by atoms with Gasteiger partial charge in [-0.05, 0) is 48.7 Å². The smallest absolute Gasteiger partial charge is 0.251 e. The maximum absolute atomic E-state index is 12.2. The molecular weight excluding hydrogens is 250 g/mol. The van der Waals surface area contributed by atoms with Gasteiger partial charge in [-0.25, -0.2) is 0 Å². The molecule has 104 valence electrons. The molecule has 0 atom stereocenters. The predicted molar refractivity (Wildman–Crippen MR) is 81.3 cm³/mol. The van der Waals surface area contributed by atoms with Gasteiger partial charge in [-0.1, -0.05) is 24.3 Å². The number of carbonyl (C=O) groups is 1. The van der Waals surface area contributed by atoms with Gasteiger partial charge in [0, 0.05) is 17.8 Å². The normalized spacial score (nSPS) is 10.2. The minimum absolute atomic E-state index is 0.0747. The standard InChI is InChI=1S/C16H19N3O/c1-11-5-3-4-6-13(11)10-18-16(20)15-8-7-14(19-17)9-12(15)2/h3-9,19H,10,17H2,1-2H3,(H,18,20). The molecule has 0 fully saturated rings. The first-order valence-corrected chi connectivity index (χ1v) is 6.52. The van der Waals surface area contributed by atoms with Crippen LogP contribution >= 0.6 is 0 Å². The van der Waals surface area contributed by atoms with Crippen LogP contribution in [0.1, 0.15) is 27.0 Å². The second kappa shape index (κ2) is 6.21. The van der Waals surface area contributed by atoms with E-state index >= 15 is 0 Å². The number of nitrogens with one attached hydrogen (secondary N) is 2. The predicted octanol–water partition coefficient (Wildman–Crippen LogP) is 2.52. The van der Waals surface area contributed by atoms with Crippen molar-refractivity contribution in [1.29, 1.82) is 0 Å². The minimum atomic E-state index is -0.0747. The Balaban J connectivity index is 2.07. The fraction of sp³-hybridized carbons (Fsp3) is 0.188. The molecule has 0 aliphatic heterocycles. The van der Waals surface area contributed by atoms with Gasteiger partial charge < -0.3 is 10.7 Å².